The van der Waals surface area contributed by atoms with Crippen LogP contribution in [0.15, 0.2) is 53.4 Å². The molecule has 1 saturated carbocycles. The van der Waals surface area contributed by atoms with Crippen molar-refractivity contribution in [2.45, 2.75) is 49.5 Å². The maximum Gasteiger partial charge on any atom is 0.240 e. The summed E-state index contributed by atoms with van der Waals surface area (Å²) < 4.78 is 28.4. The molecule has 27 heavy (non-hydrogen) atoms. The third-order valence-electron chi connectivity index (χ3n) is 5.18. The number of aldehydes is 1. The Hall–Kier alpha value is -1.69. The van der Waals surface area contributed by atoms with Gasteiger partial charge in [0.1, 0.15) is 6.29 Å². The number of carbonyl (C=O) groups excluding carboxylic acids is 1. The summed E-state index contributed by atoms with van der Waals surface area (Å²) in [5.74, 6) is 0.262. The Kier molecular flexibility index (Phi) is 6.68. The van der Waals surface area contributed by atoms with Gasteiger partial charge in [-0.1, -0.05) is 48.7 Å². The van der Waals surface area contributed by atoms with Gasteiger partial charge in [0.2, 0.25) is 10.0 Å². The molecule has 2 atom stereocenters. The van der Waals surface area contributed by atoms with Gasteiger partial charge in [-0.3, -0.25) is 0 Å². The number of sulfonamides is 1. The number of rotatable bonds is 7. The van der Waals surface area contributed by atoms with Gasteiger partial charge >= 0.3 is 0 Å². The summed E-state index contributed by atoms with van der Waals surface area (Å²) in [6.07, 6.45) is 6.15. The second-order valence-corrected chi connectivity index (χ2v) is 9.27. The Bertz CT molecular complexity index is 863. The lowest BCUT2D eigenvalue weighted by Crippen LogP contribution is -2.42. The van der Waals surface area contributed by atoms with Gasteiger partial charge in [0, 0.05) is 17.5 Å². The summed E-state index contributed by atoms with van der Waals surface area (Å²) in [6, 6.07) is 14.2. The predicted molar refractivity (Wildman–Crippen MR) is 107 cm³/mol. The fourth-order valence-electron chi connectivity index (χ4n) is 3.70. The first-order valence-corrected chi connectivity index (χ1v) is 11.1. The lowest BCUT2D eigenvalue weighted by molar-refractivity contribution is -0.107. The van der Waals surface area contributed by atoms with Crippen LogP contribution in [0.3, 0.4) is 0 Å². The molecule has 0 aromatic heterocycles. The molecular weight excluding hydrogens is 382 g/mol. The van der Waals surface area contributed by atoms with Gasteiger partial charge in [-0.2, -0.15) is 0 Å². The molecule has 0 spiro atoms. The summed E-state index contributed by atoms with van der Waals surface area (Å²) in [5, 5.41) is 0.516. The fourth-order valence-corrected chi connectivity index (χ4v) is 5.16. The minimum atomic E-state index is -3.56. The molecule has 1 aliphatic rings. The number of halogens is 1. The van der Waals surface area contributed by atoms with Crippen molar-refractivity contribution in [1.29, 1.82) is 0 Å². The first-order chi connectivity index (χ1) is 13.0. The van der Waals surface area contributed by atoms with Crippen molar-refractivity contribution in [3.8, 4) is 0 Å². The molecule has 0 aliphatic heterocycles. The fraction of sp³-hybridized carbons (Fsp3) is 0.381. The summed E-state index contributed by atoms with van der Waals surface area (Å²) in [4.78, 5) is 10.9. The molecule has 0 saturated heterocycles. The normalized spacial score (nSPS) is 20.3. The highest BCUT2D eigenvalue weighted by Gasteiger charge is 2.29. The summed E-state index contributed by atoms with van der Waals surface area (Å²) in [7, 11) is -3.56. The van der Waals surface area contributed by atoms with E-state index in [0.29, 0.717) is 11.4 Å². The Labute approximate surface area is 166 Å². The van der Waals surface area contributed by atoms with Crippen LogP contribution in [-0.4, -0.2) is 20.7 Å². The Morgan fingerprint density at radius 2 is 1.59 bits per heavy atom. The molecule has 4 nitrogen and oxygen atoms in total. The van der Waals surface area contributed by atoms with Gasteiger partial charge in [-0.15, -0.1) is 0 Å². The minimum absolute atomic E-state index is 0.0749. The van der Waals surface area contributed by atoms with Crippen molar-refractivity contribution in [3.05, 3.63) is 64.7 Å². The molecule has 1 fully saturated rings. The largest absolute Gasteiger partial charge is 0.303 e. The van der Waals surface area contributed by atoms with Crippen LogP contribution >= 0.6 is 11.6 Å². The molecular formula is C21H24ClNO3S. The van der Waals surface area contributed by atoms with Crippen molar-refractivity contribution in [2.24, 2.45) is 5.92 Å². The second kappa shape index (κ2) is 9.00. The molecule has 0 radical (unpaired) electrons. The molecule has 1 N–H and O–H groups in total. The lowest BCUT2D eigenvalue weighted by Gasteiger charge is -2.32. The maximum atomic E-state index is 12.7. The number of benzene rings is 2. The summed E-state index contributed by atoms with van der Waals surface area (Å²) in [5.41, 5.74) is 2.17. The van der Waals surface area contributed by atoms with Crippen molar-refractivity contribution >= 4 is 27.9 Å². The van der Waals surface area contributed by atoms with E-state index in [2.05, 4.69) is 4.72 Å². The van der Waals surface area contributed by atoms with Crippen LogP contribution in [0, 0.1) is 5.92 Å². The standard InChI is InChI=1S/C21H24ClNO3S/c22-19-9-11-20(12-10-19)27(25,26)23-21-4-2-1-3-18(21)15-17-7-5-16(6-8-17)13-14-24/h5-12,14,18,21,23H,1-4,13,15H2. The van der Waals surface area contributed by atoms with Gasteiger partial charge in [-0.25, -0.2) is 13.1 Å². The zero-order valence-electron chi connectivity index (χ0n) is 15.1. The molecule has 3 rings (SSSR count). The van der Waals surface area contributed by atoms with E-state index in [4.69, 9.17) is 11.6 Å². The lowest BCUT2D eigenvalue weighted by atomic mass is 9.81. The number of carbonyl (C=O) groups is 1. The molecule has 2 unspecified atom stereocenters. The molecule has 0 bridgehead atoms. The SMILES string of the molecule is O=CCc1ccc(CC2CCCCC2NS(=O)(=O)c2ccc(Cl)cc2)cc1. The van der Waals surface area contributed by atoms with E-state index in [0.717, 1.165) is 44.0 Å². The second-order valence-electron chi connectivity index (χ2n) is 7.12. The van der Waals surface area contributed by atoms with E-state index < -0.39 is 10.0 Å². The third-order valence-corrected chi connectivity index (χ3v) is 6.94. The predicted octanol–water partition coefficient (Wildman–Crippen LogP) is 4.16. The highest BCUT2D eigenvalue weighted by molar-refractivity contribution is 7.89. The van der Waals surface area contributed by atoms with Gasteiger partial charge in [0.25, 0.3) is 0 Å². The van der Waals surface area contributed by atoms with Crippen LogP contribution in [0.5, 0.6) is 0 Å². The smallest absolute Gasteiger partial charge is 0.240 e. The van der Waals surface area contributed by atoms with E-state index in [1.807, 2.05) is 24.3 Å². The summed E-state index contributed by atoms with van der Waals surface area (Å²) >= 11 is 5.86. The van der Waals surface area contributed by atoms with E-state index >= 15 is 0 Å². The topological polar surface area (TPSA) is 63.2 Å². The van der Waals surface area contributed by atoms with Crippen LogP contribution in [0.2, 0.25) is 5.02 Å². The number of hydrogen-bond donors (Lipinski definition) is 1. The monoisotopic (exact) mass is 405 g/mol. The Morgan fingerprint density at radius 1 is 0.963 bits per heavy atom. The number of hydrogen-bond acceptors (Lipinski definition) is 3. The van der Waals surface area contributed by atoms with Crippen LogP contribution in [0.4, 0.5) is 0 Å². The highest BCUT2D eigenvalue weighted by atomic mass is 35.5. The Balaban J connectivity index is 1.71. The van der Waals surface area contributed by atoms with Crippen molar-refractivity contribution in [1.82, 2.24) is 4.72 Å². The van der Waals surface area contributed by atoms with Gasteiger partial charge < -0.3 is 4.79 Å². The zero-order chi connectivity index (χ0) is 19.3. The first kappa shape index (κ1) is 20.1. The average molecular weight is 406 g/mol. The molecule has 1 aliphatic carbocycles. The minimum Gasteiger partial charge on any atom is -0.303 e. The van der Waals surface area contributed by atoms with Crippen LogP contribution < -0.4 is 4.72 Å². The van der Waals surface area contributed by atoms with Crippen LogP contribution in [0.1, 0.15) is 36.8 Å². The molecule has 0 amide bonds. The first-order valence-electron chi connectivity index (χ1n) is 9.27. The van der Waals surface area contributed by atoms with Crippen LogP contribution in [-0.2, 0) is 27.7 Å². The maximum absolute atomic E-state index is 12.7. The van der Waals surface area contributed by atoms with E-state index in [1.54, 1.807) is 12.1 Å². The average Bonchev–Trinajstić information content (AvgIpc) is 2.65. The molecule has 144 valence electrons. The number of nitrogens with one attached hydrogen (secondary N) is 1. The highest BCUT2D eigenvalue weighted by Crippen LogP contribution is 2.29. The van der Waals surface area contributed by atoms with Crippen molar-refractivity contribution < 1.29 is 13.2 Å². The third kappa shape index (κ3) is 5.41. The quantitative estimate of drug-likeness (QED) is 0.703. The molecule has 2 aromatic rings. The van der Waals surface area contributed by atoms with Crippen molar-refractivity contribution in [3.63, 3.8) is 0 Å². The van der Waals surface area contributed by atoms with E-state index in [9.17, 15) is 13.2 Å². The van der Waals surface area contributed by atoms with Gasteiger partial charge in [0.05, 0.1) is 4.90 Å². The molecule has 0 heterocycles. The van der Waals surface area contributed by atoms with Crippen molar-refractivity contribution in [2.75, 3.05) is 0 Å². The Morgan fingerprint density at radius 3 is 2.26 bits per heavy atom. The van der Waals surface area contributed by atoms with Gasteiger partial charge in [0.15, 0.2) is 0 Å². The van der Waals surface area contributed by atoms with Gasteiger partial charge in [-0.05, 0) is 60.6 Å². The van der Waals surface area contributed by atoms with E-state index in [1.165, 1.54) is 17.7 Å². The molecule has 2 aromatic carbocycles. The summed E-state index contributed by atoms with van der Waals surface area (Å²) in [6.45, 7) is 0. The van der Waals surface area contributed by atoms with E-state index in [-0.39, 0.29) is 16.9 Å². The molecule has 6 heteroatoms. The zero-order valence-corrected chi connectivity index (χ0v) is 16.7. The van der Waals surface area contributed by atoms with Crippen LogP contribution in [0.25, 0.3) is 0 Å².